The Morgan fingerprint density at radius 3 is 2.67 bits per heavy atom. The summed E-state index contributed by atoms with van der Waals surface area (Å²) in [5, 5.41) is 3.20. The number of hydrogen-bond donors (Lipinski definition) is 1. The normalized spacial score (nSPS) is 17.7. The summed E-state index contributed by atoms with van der Waals surface area (Å²) in [6.45, 7) is 0.278. The molecular weight excluding hydrogens is 579 g/mol. The number of fused-ring (bicyclic) bond motifs is 1. The number of aryl methyl sites for hydroxylation is 1. The van der Waals surface area contributed by atoms with Crippen molar-refractivity contribution < 1.29 is 26.7 Å². The van der Waals surface area contributed by atoms with Crippen molar-refractivity contribution in [2.75, 3.05) is 6.54 Å². The topological polar surface area (TPSA) is 78.2 Å². The van der Waals surface area contributed by atoms with E-state index in [0.29, 0.717) is 47.1 Å². The van der Waals surface area contributed by atoms with Crippen LogP contribution in [0.25, 0.3) is 21.3 Å². The summed E-state index contributed by atoms with van der Waals surface area (Å²) in [5.74, 6) is 0.475. The highest BCUT2D eigenvalue weighted by molar-refractivity contribution is 7.19. The number of nitrogens with zero attached hydrogens (tertiary/aromatic N) is 3. The van der Waals surface area contributed by atoms with Crippen LogP contribution in [0.2, 0.25) is 5.02 Å². The average molecular weight is 601 g/mol. The number of rotatable bonds is 7. The standard InChI is InChI=1S/C26H22ClF5N4O3S/c1-13-6-14(27)7-18(22(13)39-15-8-20(24(28)29)34-10-15)17-2-4-33-19-9-16(40-23(17)19)11-36-21(37)3-5-35(25(36)38)12-26(30,31)32/h2-7,9,15,20,24,34H,8,10-12H2,1H3/t15-,20+/m1/s1. The van der Waals surface area contributed by atoms with E-state index in [1.54, 1.807) is 37.4 Å². The van der Waals surface area contributed by atoms with Crippen LogP contribution in [0.15, 0.2) is 52.3 Å². The zero-order valence-corrected chi connectivity index (χ0v) is 22.4. The van der Waals surface area contributed by atoms with E-state index in [2.05, 4.69) is 10.3 Å². The number of halogens is 6. The van der Waals surface area contributed by atoms with Crippen LogP contribution in [0.1, 0.15) is 16.9 Å². The van der Waals surface area contributed by atoms with Gasteiger partial charge in [0.1, 0.15) is 18.4 Å². The lowest BCUT2D eigenvalue weighted by Gasteiger charge is -2.19. The molecule has 1 fully saturated rings. The maximum Gasteiger partial charge on any atom is 0.406 e. The highest BCUT2D eigenvalue weighted by Crippen LogP contribution is 2.42. The summed E-state index contributed by atoms with van der Waals surface area (Å²) in [6.07, 6.45) is -5.12. The summed E-state index contributed by atoms with van der Waals surface area (Å²) in [4.78, 5) is 29.9. The summed E-state index contributed by atoms with van der Waals surface area (Å²) in [5.41, 5.74) is 0.696. The second-order valence-electron chi connectivity index (χ2n) is 9.48. The Kier molecular flexibility index (Phi) is 7.73. The highest BCUT2D eigenvalue weighted by Gasteiger charge is 2.33. The predicted octanol–water partition coefficient (Wildman–Crippen LogP) is 5.23. The van der Waals surface area contributed by atoms with Crippen molar-refractivity contribution in [3.63, 3.8) is 0 Å². The average Bonchev–Trinajstić information content (AvgIpc) is 3.51. The van der Waals surface area contributed by atoms with Gasteiger partial charge in [-0.2, -0.15) is 13.2 Å². The number of benzene rings is 1. The summed E-state index contributed by atoms with van der Waals surface area (Å²) in [6, 6.07) is 6.75. The van der Waals surface area contributed by atoms with Crippen LogP contribution in [-0.2, 0) is 13.1 Å². The van der Waals surface area contributed by atoms with Crippen molar-refractivity contribution in [3.05, 3.63) is 79.0 Å². The first-order valence-electron chi connectivity index (χ1n) is 12.1. The van der Waals surface area contributed by atoms with Crippen LogP contribution in [-0.4, -0.2) is 45.4 Å². The van der Waals surface area contributed by atoms with Gasteiger partial charge in [-0.25, -0.2) is 13.6 Å². The van der Waals surface area contributed by atoms with E-state index in [1.807, 2.05) is 0 Å². The van der Waals surface area contributed by atoms with Crippen LogP contribution in [0.3, 0.4) is 0 Å². The van der Waals surface area contributed by atoms with E-state index in [1.165, 1.54) is 11.3 Å². The van der Waals surface area contributed by atoms with Gasteiger partial charge in [-0.1, -0.05) is 11.6 Å². The van der Waals surface area contributed by atoms with E-state index in [9.17, 15) is 31.5 Å². The third kappa shape index (κ3) is 5.91. The number of thiophene rings is 1. The molecule has 0 radical (unpaired) electrons. The third-order valence-corrected chi connectivity index (χ3v) is 7.87. The molecule has 1 N–H and O–H groups in total. The molecule has 0 amide bonds. The zero-order valence-electron chi connectivity index (χ0n) is 20.8. The SMILES string of the molecule is Cc1cc(Cl)cc(-c2ccnc3cc(Cn4c(=O)ccn(CC(F)(F)F)c4=O)sc23)c1O[C@H]1CN[C@H](C(F)F)C1. The minimum atomic E-state index is -4.63. The Bertz CT molecular complexity index is 1680. The Labute approximate surface area is 232 Å². The molecule has 0 spiro atoms. The van der Waals surface area contributed by atoms with Gasteiger partial charge in [0.2, 0.25) is 0 Å². The van der Waals surface area contributed by atoms with Crippen molar-refractivity contribution in [1.82, 2.24) is 19.4 Å². The maximum absolute atomic E-state index is 13.2. The lowest BCUT2D eigenvalue weighted by molar-refractivity contribution is -0.141. The van der Waals surface area contributed by atoms with Crippen molar-refractivity contribution >= 4 is 33.2 Å². The van der Waals surface area contributed by atoms with Gasteiger partial charge in [-0.05, 0) is 36.8 Å². The van der Waals surface area contributed by atoms with Crippen molar-refractivity contribution in [2.45, 2.75) is 51.2 Å². The molecule has 4 heterocycles. The minimum absolute atomic E-state index is 0.131. The first-order valence-corrected chi connectivity index (χ1v) is 13.3. The van der Waals surface area contributed by atoms with Crippen LogP contribution in [0, 0.1) is 6.92 Å². The third-order valence-electron chi connectivity index (χ3n) is 6.51. The molecule has 0 bridgehead atoms. The second-order valence-corrected chi connectivity index (χ2v) is 11.0. The highest BCUT2D eigenvalue weighted by atomic mass is 35.5. The fourth-order valence-corrected chi connectivity index (χ4v) is 6.12. The largest absolute Gasteiger partial charge is 0.488 e. The molecule has 0 unspecified atom stereocenters. The zero-order chi connectivity index (χ0) is 28.8. The fraction of sp³-hybridized carbons (Fsp3) is 0.346. The van der Waals surface area contributed by atoms with Crippen LogP contribution in [0.4, 0.5) is 22.0 Å². The van der Waals surface area contributed by atoms with Crippen molar-refractivity contribution in [2.24, 2.45) is 0 Å². The molecule has 1 saturated heterocycles. The van der Waals surface area contributed by atoms with E-state index < -0.39 is 42.5 Å². The fourth-order valence-electron chi connectivity index (χ4n) is 4.72. The van der Waals surface area contributed by atoms with Crippen LogP contribution in [0.5, 0.6) is 5.75 Å². The maximum atomic E-state index is 13.2. The molecule has 4 aromatic rings. The molecule has 212 valence electrons. The summed E-state index contributed by atoms with van der Waals surface area (Å²) in [7, 11) is 0. The van der Waals surface area contributed by atoms with Gasteiger partial charge in [0.25, 0.3) is 12.0 Å². The van der Waals surface area contributed by atoms with Crippen molar-refractivity contribution in [3.8, 4) is 16.9 Å². The van der Waals surface area contributed by atoms with E-state index in [4.69, 9.17) is 16.3 Å². The first kappa shape index (κ1) is 28.2. The van der Waals surface area contributed by atoms with Gasteiger partial charge >= 0.3 is 11.9 Å². The number of aromatic nitrogens is 3. The second kappa shape index (κ2) is 10.9. The van der Waals surface area contributed by atoms with Crippen molar-refractivity contribution in [1.29, 1.82) is 0 Å². The molecule has 7 nitrogen and oxygen atoms in total. The number of nitrogens with one attached hydrogen (secondary N) is 1. The molecule has 2 atom stereocenters. The molecule has 3 aromatic heterocycles. The molecule has 0 saturated carbocycles. The van der Waals surface area contributed by atoms with Crippen LogP contribution < -0.4 is 21.3 Å². The monoisotopic (exact) mass is 600 g/mol. The van der Waals surface area contributed by atoms with E-state index in [0.717, 1.165) is 16.8 Å². The van der Waals surface area contributed by atoms with Gasteiger partial charge in [-0.15, -0.1) is 11.3 Å². The minimum Gasteiger partial charge on any atom is -0.488 e. The molecule has 40 heavy (non-hydrogen) atoms. The Morgan fingerprint density at radius 2 is 1.98 bits per heavy atom. The Balaban J connectivity index is 1.53. The lowest BCUT2D eigenvalue weighted by Crippen LogP contribution is -2.41. The van der Waals surface area contributed by atoms with Gasteiger partial charge in [0.05, 0.1) is 22.8 Å². The number of alkyl halides is 5. The molecule has 0 aliphatic carbocycles. The summed E-state index contributed by atoms with van der Waals surface area (Å²) >= 11 is 7.59. The number of hydrogen-bond acceptors (Lipinski definition) is 6. The predicted molar refractivity (Wildman–Crippen MR) is 142 cm³/mol. The Hall–Kier alpha value is -3.29. The Morgan fingerprint density at radius 1 is 1.20 bits per heavy atom. The molecule has 14 heteroatoms. The van der Waals surface area contributed by atoms with Crippen LogP contribution >= 0.6 is 22.9 Å². The smallest absolute Gasteiger partial charge is 0.406 e. The first-order chi connectivity index (χ1) is 18.9. The molecular formula is C26H22ClF5N4O3S. The number of ether oxygens (including phenoxy) is 1. The van der Waals surface area contributed by atoms with E-state index >= 15 is 0 Å². The van der Waals surface area contributed by atoms with Gasteiger partial charge in [0, 0.05) is 52.5 Å². The summed E-state index contributed by atoms with van der Waals surface area (Å²) < 4.78 is 73.1. The number of pyridine rings is 1. The van der Waals surface area contributed by atoms with Gasteiger partial charge in [-0.3, -0.25) is 18.9 Å². The van der Waals surface area contributed by atoms with Gasteiger partial charge in [0.15, 0.2) is 0 Å². The lowest BCUT2D eigenvalue weighted by atomic mass is 10.0. The molecule has 1 aromatic carbocycles. The van der Waals surface area contributed by atoms with Gasteiger partial charge < -0.3 is 10.1 Å². The quantitative estimate of drug-likeness (QED) is 0.294. The molecule has 5 rings (SSSR count). The molecule has 1 aliphatic rings. The molecule has 1 aliphatic heterocycles. The van der Waals surface area contributed by atoms with E-state index in [-0.39, 0.29) is 19.5 Å².